The van der Waals surface area contributed by atoms with Gasteiger partial charge < -0.3 is 10.1 Å². The van der Waals surface area contributed by atoms with Crippen LogP contribution in [0.25, 0.3) is 5.69 Å². The largest absolute Gasteiger partial charge is 0.494 e. The summed E-state index contributed by atoms with van der Waals surface area (Å²) in [5, 5.41) is 14.6. The maximum absolute atomic E-state index is 13.1. The number of nitrogens with one attached hydrogen (secondary N) is 1. The number of methoxy groups -OCH3 is 1. The van der Waals surface area contributed by atoms with E-state index in [0.29, 0.717) is 28.5 Å². The van der Waals surface area contributed by atoms with Crippen molar-refractivity contribution in [2.45, 2.75) is 19.8 Å². The molecule has 0 saturated heterocycles. The lowest BCUT2D eigenvalue weighted by Gasteiger charge is -2.13. The number of anilines is 1. The number of amides is 1. The van der Waals surface area contributed by atoms with E-state index in [1.54, 1.807) is 36.9 Å². The fourth-order valence-corrected chi connectivity index (χ4v) is 3.47. The molecule has 1 amide bonds. The highest BCUT2D eigenvalue weighted by Gasteiger charge is 2.15. The predicted octanol–water partition coefficient (Wildman–Crippen LogP) is 4.02. The minimum atomic E-state index is -0.159. The van der Waals surface area contributed by atoms with Gasteiger partial charge in [-0.2, -0.15) is 4.68 Å². The molecule has 0 unspecified atom stereocenters. The van der Waals surface area contributed by atoms with Crippen molar-refractivity contribution in [3.05, 3.63) is 95.3 Å². The number of hydrogen-bond acceptors (Lipinski definition) is 5. The molecule has 1 N–H and O–H groups in total. The Balaban J connectivity index is 1.56. The highest BCUT2D eigenvalue weighted by atomic mass is 16.5. The molecule has 0 atom stereocenters. The smallest absolute Gasteiger partial charge is 0.255 e. The van der Waals surface area contributed by atoms with Crippen molar-refractivity contribution in [3.63, 3.8) is 0 Å². The van der Waals surface area contributed by atoms with Crippen LogP contribution in [-0.2, 0) is 12.8 Å². The molecule has 0 aliphatic rings. The summed E-state index contributed by atoms with van der Waals surface area (Å²) in [6.07, 6.45) is 1.65. The number of benzene rings is 3. The molecule has 0 saturated carbocycles. The van der Waals surface area contributed by atoms with Gasteiger partial charge in [-0.15, -0.1) is 5.10 Å². The zero-order chi connectivity index (χ0) is 21.6. The van der Waals surface area contributed by atoms with E-state index in [0.717, 1.165) is 18.4 Å². The van der Waals surface area contributed by atoms with Gasteiger partial charge in [0, 0.05) is 11.3 Å². The van der Waals surface area contributed by atoms with Crippen LogP contribution in [0.5, 0.6) is 5.75 Å². The number of aryl methyl sites for hydroxylation is 3. The number of carbonyl (C=O) groups excluding carboxylic acids is 1. The fraction of sp³-hybridized carbons (Fsp3) is 0.167. The third-order valence-corrected chi connectivity index (χ3v) is 5.08. The van der Waals surface area contributed by atoms with Crippen LogP contribution in [0.1, 0.15) is 27.3 Å². The Morgan fingerprint density at radius 1 is 1.00 bits per heavy atom. The molecule has 0 fully saturated rings. The molecule has 0 aliphatic heterocycles. The quantitative estimate of drug-likeness (QED) is 0.495. The summed E-state index contributed by atoms with van der Waals surface area (Å²) in [4.78, 5) is 13.1. The Hall–Kier alpha value is -4.00. The van der Waals surface area contributed by atoms with Crippen molar-refractivity contribution in [2.75, 3.05) is 12.4 Å². The van der Waals surface area contributed by atoms with Crippen molar-refractivity contribution in [3.8, 4) is 11.4 Å². The average Bonchev–Trinajstić information content (AvgIpc) is 3.24. The van der Waals surface area contributed by atoms with Crippen molar-refractivity contribution in [2.24, 2.45) is 0 Å². The van der Waals surface area contributed by atoms with Gasteiger partial charge in [0.25, 0.3) is 5.91 Å². The van der Waals surface area contributed by atoms with Crippen LogP contribution in [0.4, 0.5) is 5.69 Å². The second-order valence-electron chi connectivity index (χ2n) is 7.12. The molecule has 7 nitrogen and oxygen atoms in total. The zero-order valence-corrected chi connectivity index (χ0v) is 17.4. The van der Waals surface area contributed by atoms with E-state index < -0.39 is 0 Å². The van der Waals surface area contributed by atoms with Gasteiger partial charge in [-0.05, 0) is 65.6 Å². The number of carbonyl (C=O) groups is 1. The number of hydrogen-bond donors (Lipinski definition) is 1. The van der Waals surface area contributed by atoms with E-state index in [1.165, 1.54) is 5.56 Å². The summed E-state index contributed by atoms with van der Waals surface area (Å²) in [5.41, 5.74) is 4.20. The van der Waals surface area contributed by atoms with E-state index in [9.17, 15) is 4.79 Å². The monoisotopic (exact) mass is 413 g/mol. The zero-order valence-electron chi connectivity index (χ0n) is 17.4. The van der Waals surface area contributed by atoms with Crippen LogP contribution in [0, 0.1) is 6.92 Å². The Morgan fingerprint density at radius 3 is 2.52 bits per heavy atom. The molecule has 0 spiro atoms. The number of rotatable bonds is 7. The van der Waals surface area contributed by atoms with Crippen LogP contribution in [0.3, 0.4) is 0 Å². The third kappa shape index (κ3) is 4.61. The van der Waals surface area contributed by atoms with Gasteiger partial charge in [-0.25, -0.2) is 0 Å². The first-order valence-electron chi connectivity index (χ1n) is 10.0. The SMILES string of the molecule is COc1ccc(NC(=O)c2ccccc2CCc2ccccc2)cc1-n1nnnc1C. The summed E-state index contributed by atoms with van der Waals surface area (Å²) in [7, 11) is 1.58. The highest BCUT2D eigenvalue weighted by Crippen LogP contribution is 2.27. The predicted molar refractivity (Wildman–Crippen MR) is 119 cm³/mol. The normalized spacial score (nSPS) is 10.6. The first kappa shape index (κ1) is 20.3. The van der Waals surface area contributed by atoms with Gasteiger partial charge in [0.15, 0.2) is 5.82 Å². The molecule has 4 aromatic rings. The van der Waals surface area contributed by atoms with Crippen LogP contribution in [-0.4, -0.2) is 33.2 Å². The van der Waals surface area contributed by atoms with E-state index in [-0.39, 0.29) is 5.91 Å². The second-order valence-corrected chi connectivity index (χ2v) is 7.12. The number of tetrazole rings is 1. The summed E-state index contributed by atoms with van der Waals surface area (Å²) in [6, 6.07) is 23.3. The molecule has 1 aromatic heterocycles. The first-order valence-corrected chi connectivity index (χ1v) is 10.0. The molecule has 4 rings (SSSR count). The molecule has 156 valence electrons. The van der Waals surface area contributed by atoms with E-state index in [4.69, 9.17) is 4.74 Å². The second kappa shape index (κ2) is 9.21. The van der Waals surface area contributed by atoms with Crippen LogP contribution in [0.15, 0.2) is 72.8 Å². The maximum Gasteiger partial charge on any atom is 0.255 e. The number of nitrogens with zero attached hydrogens (tertiary/aromatic N) is 4. The highest BCUT2D eigenvalue weighted by molar-refractivity contribution is 6.05. The van der Waals surface area contributed by atoms with Crippen molar-refractivity contribution < 1.29 is 9.53 Å². The van der Waals surface area contributed by atoms with E-state index >= 15 is 0 Å². The van der Waals surface area contributed by atoms with Gasteiger partial charge in [0.05, 0.1) is 7.11 Å². The van der Waals surface area contributed by atoms with Crippen LogP contribution >= 0.6 is 0 Å². The van der Waals surface area contributed by atoms with Crippen molar-refractivity contribution in [1.29, 1.82) is 0 Å². The number of aromatic nitrogens is 4. The summed E-state index contributed by atoms with van der Waals surface area (Å²) >= 11 is 0. The molecular formula is C24H23N5O2. The molecule has 0 bridgehead atoms. The van der Waals surface area contributed by atoms with E-state index in [2.05, 4.69) is 33.0 Å². The van der Waals surface area contributed by atoms with E-state index in [1.807, 2.05) is 42.5 Å². The molecule has 7 heteroatoms. The van der Waals surface area contributed by atoms with Gasteiger partial charge >= 0.3 is 0 Å². The molecule has 3 aromatic carbocycles. The third-order valence-electron chi connectivity index (χ3n) is 5.08. The topological polar surface area (TPSA) is 81.9 Å². The number of ether oxygens (including phenoxy) is 1. The molecule has 0 aliphatic carbocycles. The maximum atomic E-state index is 13.1. The van der Waals surface area contributed by atoms with Gasteiger partial charge in [-0.3, -0.25) is 4.79 Å². The molecule has 31 heavy (non-hydrogen) atoms. The molecular weight excluding hydrogens is 390 g/mol. The van der Waals surface area contributed by atoms with Crippen LogP contribution in [0.2, 0.25) is 0 Å². The minimum absolute atomic E-state index is 0.159. The van der Waals surface area contributed by atoms with Gasteiger partial charge in [-0.1, -0.05) is 48.5 Å². The lowest BCUT2D eigenvalue weighted by atomic mass is 9.99. The molecule has 1 heterocycles. The summed E-state index contributed by atoms with van der Waals surface area (Å²) < 4.78 is 7.00. The minimum Gasteiger partial charge on any atom is -0.494 e. The standard InChI is InChI=1S/C24H23N5O2/c1-17-26-27-28-29(17)22-16-20(14-15-23(22)31-2)25-24(30)21-11-7-6-10-19(21)13-12-18-8-4-3-5-9-18/h3-11,14-16H,12-13H2,1-2H3,(H,25,30). The van der Waals surface area contributed by atoms with Crippen molar-refractivity contribution in [1.82, 2.24) is 20.2 Å². The lowest BCUT2D eigenvalue weighted by Crippen LogP contribution is -2.15. The fourth-order valence-electron chi connectivity index (χ4n) is 3.47. The summed E-state index contributed by atoms with van der Waals surface area (Å²) in [6.45, 7) is 1.80. The van der Waals surface area contributed by atoms with Crippen molar-refractivity contribution >= 4 is 11.6 Å². The Morgan fingerprint density at radius 2 is 1.77 bits per heavy atom. The summed E-state index contributed by atoms with van der Waals surface area (Å²) in [5.74, 6) is 1.07. The Kier molecular flexibility index (Phi) is 6.03. The lowest BCUT2D eigenvalue weighted by molar-refractivity contribution is 0.102. The Bertz CT molecular complexity index is 1190. The van der Waals surface area contributed by atoms with Crippen LogP contribution < -0.4 is 10.1 Å². The average molecular weight is 413 g/mol. The van der Waals surface area contributed by atoms with Gasteiger partial charge in [0.1, 0.15) is 11.4 Å². The van der Waals surface area contributed by atoms with Gasteiger partial charge in [0.2, 0.25) is 0 Å². The Labute approximate surface area is 180 Å². The molecule has 0 radical (unpaired) electrons. The first-order chi connectivity index (χ1) is 15.2.